The Morgan fingerprint density at radius 1 is 1.06 bits per heavy atom. The van der Waals surface area contributed by atoms with Crippen molar-refractivity contribution in [2.45, 2.75) is 51.6 Å². The second-order valence-corrected chi connectivity index (χ2v) is 4.87. The fourth-order valence-corrected chi connectivity index (χ4v) is 2.17. The minimum Gasteiger partial charge on any atom is -0.385 e. The molecule has 0 saturated heterocycles. The van der Waals surface area contributed by atoms with Crippen LogP contribution in [0, 0.1) is 0 Å². The molecule has 0 aliphatic heterocycles. The van der Waals surface area contributed by atoms with Gasteiger partial charge in [0, 0.05) is 0 Å². The Balaban J connectivity index is 0.000000317. The third-order valence-corrected chi connectivity index (χ3v) is 2.99. The van der Waals surface area contributed by atoms with Crippen LogP contribution in [0.1, 0.15) is 51.5 Å². The van der Waals surface area contributed by atoms with E-state index in [0.717, 1.165) is 31.2 Å². The predicted octanol–water partition coefficient (Wildman–Crippen LogP) is 3.43. The van der Waals surface area contributed by atoms with Crippen LogP contribution in [-0.4, -0.2) is 10.9 Å². The zero-order valence-corrected chi connectivity index (χ0v) is 10.8. The molecule has 0 aromatic heterocycles. The van der Waals surface area contributed by atoms with Crippen LogP contribution in [0.4, 0.5) is 0 Å². The van der Waals surface area contributed by atoms with Crippen molar-refractivity contribution in [2.24, 2.45) is 0 Å². The highest BCUT2D eigenvalue weighted by molar-refractivity contribution is 5.72. The molecule has 1 fully saturated rings. The van der Waals surface area contributed by atoms with Gasteiger partial charge in [-0.15, -0.1) is 0 Å². The van der Waals surface area contributed by atoms with Gasteiger partial charge < -0.3 is 9.90 Å². The minimum absolute atomic E-state index is 0.167. The topological polar surface area (TPSA) is 37.3 Å². The largest absolute Gasteiger partial charge is 0.385 e. The first-order chi connectivity index (χ1) is 8.04. The third-order valence-electron chi connectivity index (χ3n) is 2.99. The van der Waals surface area contributed by atoms with Gasteiger partial charge in [-0.3, -0.25) is 0 Å². The Bertz CT molecular complexity index is 333. The normalized spacial score (nSPS) is 17.8. The smallest absolute Gasteiger partial charge is 0.126 e. The van der Waals surface area contributed by atoms with Gasteiger partial charge in [0.25, 0.3) is 0 Å². The molecule has 17 heavy (non-hydrogen) atoms. The number of benzene rings is 1. The molecule has 0 unspecified atom stereocenters. The van der Waals surface area contributed by atoms with Crippen LogP contribution in [0.25, 0.3) is 0 Å². The van der Waals surface area contributed by atoms with E-state index in [-0.39, 0.29) is 5.78 Å². The summed E-state index contributed by atoms with van der Waals surface area (Å²) in [5.41, 5.74) is 0.564. The van der Waals surface area contributed by atoms with Crippen LogP contribution in [0.3, 0.4) is 0 Å². The van der Waals surface area contributed by atoms with Gasteiger partial charge in [-0.2, -0.15) is 0 Å². The Labute approximate surface area is 104 Å². The number of aliphatic hydroxyl groups is 1. The summed E-state index contributed by atoms with van der Waals surface area (Å²) in [5, 5.41) is 10.3. The van der Waals surface area contributed by atoms with Crippen LogP contribution in [-0.2, 0) is 10.4 Å². The van der Waals surface area contributed by atoms with Crippen LogP contribution in [0.15, 0.2) is 30.3 Å². The number of hydrogen-bond donors (Lipinski definition) is 1. The third kappa shape index (κ3) is 4.70. The van der Waals surface area contributed by atoms with Gasteiger partial charge in [-0.05, 0) is 32.3 Å². The molecule has 0 heterocycles. The number of carbonyl (C=O) groups is 1. The van der Waals surface area contributed by atoms with E-state index in [0.29, 0.717) is 0 Å². The van der Waals surface area contributed by atoms with Crippen LogP contribution >= 0.6 is 0 Å². The van der Waals surface area contributed by atoms with E-state index in [4.69, 9.17) is 0 Å². The summed E-state index contributed by atoms with van der Waals surface area (Å²) in [7, 11) is 0. The fourth-order valence-electron chi connectivity index (χ4n) is 2.17. The first kappa shape index (κ1) is 13.9. The molecule has 2 heteroatoms. The first-order valence-electron chi connectivity index (χ1n) is 6.30. The predicted molar refractivity (Wildman–Crippen MR) is 69.8 cm³/mol. The van der Waals surface area contributed by atoms with E-state index in [1.54, 1.807) is 0 Å². The summed E-state index contributed by atoms with van der Waals surface area (Å²) in [4.78, 5) is 9.44. The van der Waals surface area contributed by atoms with Crippen LogP contribution in [0.5, 0.6) is 0 Å². The van der Waals surface area contributed by atoms with E-state index < -0.39 is 5.60 Å². The van der Waals surface area contributed by atoms with Crippen LogP contribution in [0.2, 0.25) is 0 Å². The second-order valence-electron chi connectivity index (χ2n) is 4.87. The van der Waals surface area contributed by atoms with Gasteiger partial charge in [0.15, 0.2) is 0 Å². The summed E-state index contributed by atoms with van der Waals surface area (Å²) in [6.45, 7) is 3.06. The van der Waals surface area contributed by atoms with Gasteiger partial charge in [-0.25, -0.2) is 0 Å². The average Bonchev–Trinajstić information content (AvgIpc) is 2.30. The van der Waals surface area contributed by atoms with Crippen LogP contribution < -0.4 is 0 Å². The van der Waals surface area contributed by atoms with E-state index in [9.17, 15) is 9.90 Å². The maximum Gasteiger partial charge on any atom is 0.126 e. The van der Waals surface area contributed by atoms with E-state index in [1.807, 2.05) is 30.3 Å². The van der Waals surface area contributed by atoms with Gasteiger partial charge in [-0.1, -0.05) is 49.6 Å². The number of carbonyl (C=O) groups excluding carboxylic acids is 1. The molecular formula is C15H22O2. The van der Waals surface area contributed by atoms with Crippen molar-refractivity contribution in [3.05, 3.63) is 35.9 Å². The average molecular weight is 234 g/mol. The molecular weight excluding hydrogens is 212 g/mol. The van der Waals surface area contributed by atoms with Crippen molar-refractivity contribution in [2.75, 3.05) is 0 Å². The molecule has 0 radical (unpaired) electrons. The molecule has 2 nitrogen and oxygen atoms in total. The molecule has 1 saturated carbocycles. The molecule has 0 bridgehead atoms. The molecule has 94 valence electrons. The second kappa shape index (κ2) is 6.55. The summed E-state index contributed by atoms with van der Waals surface area (Å²) >= 11 is 0. The maximum absolute atomic E-state index is 10.3. The zero-order chi connectivity index (χ0) is 12.7. The van der Waals surface area contributed by atoms with Gasteiger partial charge in [0.2, 0.25) is 0 Å². The number of ketones is 1. The molecule has 1 aliphatic carbocycles. The Kier molecular flexibility index (Phi) is 5.36. The van der Waals surface area contributed by atoms with Gasteiger partial charge >= 0.3 is 0 Å². The van der Waals surface area contributed by atoms with E-state index in [2.05, 4.69) is 0 Å². The lowest BCUT2D eigenvalue weighted by molar-refractivity contribution is -0.114. The van der Waals surface area contributed by atoms with Crippen molar-refractivity contribution in [1.82, 2.24) is 0 Å². The van der Waals surface area contributed by atoms with Gasteiger partial charge in [0.1, 0.15) is 5.78 Å². The molecule has 0 amide bonds. The number of rotatable bonds is 1. The molecule has 0 atom stereocenters. The highest BCUT2D eigenvalue weighted by atomic mass is 16.3. The zero-order valence-electron chi connectivity index (χ0n) is 10.8. The molecule has 0 spiro atoms. The Morgan fingerprint density at radius 2 is 1.53 bits per heavy atom. The number of hydrogen-bond acceptors (Lipinski definition) is 2. The maximum atomic E-state index is 10.3. The SMILES string of the molecule is CC(C)=O.OC1(c2ccccc2)CCCCC1. The van der Waals surface area contributed by atoms with Crippen molar-refractivity contribution in [3.8, 4) is 0 Å². The lowest BCUT2D eigenvalue weighted by Gasteiger charge is -2.32. The first-order valence-corrected chi connectivity index (χ1v) is 6.30. The summed E-state index contributed by atoms with van der Waals surface area (Å²) < 4.78 is 0. The summed E-state index contributed by atoms with van der Waals surface area (Å²) in [6.07, 6.45) is 5.44. The van der Waals surface area contributed by atoms with E-state index >= 15 is 0 Å². The van der Waals surface area contributed by atoms with Crippen molar-refractivity contribution >= 4 is 5.78 Å². The molecule has 2 rings (SSSR count). The van der Waals surface area contributed by atoms with Crippen molar-refractivity contribution in [3.63, 3.8) is 0 Å². The molecule has 1 aliphatic rings. The highest BCUT2D eigenvalue weighted by Crippen LogP contribution is 2.36. The standard InChI is InChI=1S/C12H16O.C3H6O/c13-12(9-5-2-6-10-12)11-7-3-1-4-8-11;1-3(2)4/h1,3-4,7-8,13H,2,5-6,9-10H2;1-2H3. The monoisotopic (exact) mass is 234 g/mol. The number of Topliss-reactive ketones (excluding diaryl/α,β-unsaturated/α-hetero) is 1. The summed E-state index contributed by atoms with van der Waals surface area (Å²) in [5.74, 6) is 0.167. The van der Waals surface area contributed by atoms with Crippen molar-refractivity contribution < 1.29 is 9.90 Å². The minimum atomic E-state index is -0.528. The molecule has 1 N–H and O–H groups in total. The quantitative estimate of drug-likeness (QED) is 0.808. The fraction of sp³-hybridized carbons (Fsp3) is 0.533. The lowest BCUT2D eigenvalue weighted by atomic mass is 9.80. The summed E-state index contributed by atoms with van der Waals surface area (Å²) in [6, 6.07) is 10.1. The lowest BCUT2D eigenvalue weighted by Crippen LogP contribution is -2.28. The van der Waals surface area contributed by atoms with E-state index in [1.165, 1.54) is 20.3 Å². The van der Waals surface area contributed by atoms with Gasteiger partial charge in [0.05, 0.1) is 5.60 Å². The molecule has 1 aromatic carbocycles. The Morgan fingerprint density at radius 3 is 2.00 bits per heavy atom. The molecule has 1 aromatic rings. The van der Waals surface area contributed by atoms with Crippen molar-refractivity contribution in [1.29, 1.82) is 0 Å². The highest BCUT2D eigenvalue weighted by Gasteiger charge is 2.30. The Hall–Kier alpha value is -1.15.